The molecule has 0 rings (SSSR count). The molecule has 0 fully saturated rings. The Morgan fingerprint density at radius 3 is 2.20 bits per heavy atom. The summed E-state index contributed by atoms with van der Waals surface area (Å²) >= 11 is 0. The van der Waals surface area contributed by atoms with Crippen LogP contribution in [-0.4, -0.2) is 30.0 Å². The first-order valence-electron chi connectivity index (χ1n) is 2.92. The van der Waals surface area contributed by atoms with Crippen LogP contribution in [0.1, 0.15) is 13.3 Å². The lowest BCUT2D eigenvalue weighted by Gasteiger charge is -2.04. The number of carbonyl (C=O) groups excluding carboxylic acids is 3. The van der Waals surface area contributed by atoms with Crippen LogP contribution in [0.5, 0.6) is 0 Å². The van der Waals surface area contributed by atoms with Gasteiger partial charge in [-0.2, -0.15) is 0 Å². The van der Waals surface area contributed by atoms with Crippen molar-refractivity contribution in [1.82, 2.24) is 4.90 Å². The molecular formula is C6H9NO3. The van der Waals surface area contributed by atoms with Gasteiger partial charge in [-0.05, 0) is 0 Å². The minimum Gasteiger partial charge on any atom is -0.298 e. The fourth-order valence-corrected chi connectivity index (χ4v) is 0.415. The van der Waals surface area contributed by atoms with Gasteiger partial charge in [0.25, 0.3) is 0 Å². The van der Waals surface area contributed by atoms with Gasteiger partial charge < -0.3 is 0 Å². The maximum atomic E-state index is 10.6. The van der Waals surface area contributed by atoms with Gasteiger partial charge in [-0.25, -0.2) is 0 Å². The fraction of sp³-hybridized carbons (Fsp3) is 0.500. The average molecular weight is 143 g/mol. The van der Waals surface area contributed by atoms with E-state index in [0.717, 1.165) is 4.90 Å². The van der Waals surface area contributed by atoms with E-state index in [1.54, 1.807) is 6.92 Å². The summed E-state index contributed by atoms with van der Waals surface area (Å²) in [5.41, 5.74) is 0. The monoisotopic (exact) mass is 143 g/mol. The molecule has 0 aliphatic rings. The number of nitrogens with zero attached hydrogens (tertiary/aromatic N) is 1. The van der Waals surface area contributed by atoms with Gasteiger partial charge in [-0.1, -0.05) is 6.92 Å². The summed E-state index contributed by atoms with van der Waals surface area (Å²) < 4.78 is 0. The van der Waals surface area contributed by atoms with Crippen LogP contribution in [0, 0.1) is 0 Å². The molecule has 2 amide bonds. The van der Waals surface area contributed by atoms with Crippen LogP contribution in [0.25, 0.3) is 0 Å². The average Bonchev–Trinajstić information content (AvgIpc) is 1.99. The molecule has 0 saturated carbocycles. The molecule has 0 aliphatic carbocycles. The van der Waals surface area contributed by atoms with E-state index in [1.165, 1.54) is 0 Å². The lowest BCUT2D eigenvalue weighted by molar-refractivity contribution is -0.134. The van der Waals surface area contributed by atoms with Crippen LogP contribution in [0.3, 0.4) is 0 Å². The Morgan fingerprint density at radius 2 is 1.90 bits per heavy atom. The van der Waals surface area contributed by atoms with Crippen molar-refractivity contribution in [2.45, 2.75) is 13.3 Å². The summed E-state index contributed by atoms with van der Waals surface area (Å²) in [6, 6.07) is 0. The maximum absolute atomic E-state index is 10.6. The third-order valence-corrected chi connectivity index (χ3v) is 1.02. The third kappa shape index (κ3) is 2.96. The number of ketones is 1. The van der Waals surface area contributed by atoms with Crippen LogP contribution in [0.2, 0.25) is 0 Å². The van der Waals surface area contributed by atoms with Gasteiger partial charge in [0.05, 0.1) is 6.54 Å². The molecule has 0 bridgehead atoms. The number of Topliss-reactive ketones (excluding diaryl/α,β-unsaturated/α-hetero) is 1. The van der Waals surface area contributed by atoms with Crippen LogP contribution in [-0.2, 0) is 14.4 Å². The molecule has 0 aromatic heterocycles. The summed E-state index contributed by atoms with van der Waals surface area (Å²) in [6.45, 7) is 1.57. The first kappa shape index (κ1) is 8.81. The number of carbonyl (C=O) groups is 3. The van der Waals surface area contributed by atoms with E-state index in [4.69, 9.17) is 0 Å². The zero-order valence-electron chi connectivity index (χ0n) is 5.74. The van der Waals surface area contributed by atoms with Crippen LogP contribution < -0.4 is 0 Å². The Labute approximate surface area is 58.8 Å². The van der Waals surface area contributed by atoms with Crippen LogP contribution in [0.15, 0.2) is 0 Å². The van der Waals surface area contributed by atoms with E-state index in [2.05, 4.69) is 0 Å². The Kier molecular flexibility index (Phi) is 4.11. The van der Waals surface area contributed by atoms with Crippen LogP contribution >= 0.6 is 0 Å². The molecule has 4 heteroatoms. The van der Waals surface area contributed by atoms with Gasteiger partial charge in [0.2, 0.25) is 12.8 Å². The smallest absolute Gasteiger partial charge is 0.216 e. The predicted molar refractivity (Wildman–Crippen MR) is 34.1 cm³/mol. The molecule has 0 radical (unpaired) electrons. The maximum Gasteiger partial charge on any atom is 0.216 e. The normalized spacial score (nSPS) is 8.50. The van der Waals surface area contributed by atoms with Crippen molar-refractivity contribution in [3.05, 3.63) is 0 Å². The van der Waals surface area contributed by atoms with Crippen molar-refractivity contribution < 1.29 is 14.4 Å². The van der Waals surface area contributed by atoms with Crippen molar-refractivity contribution in [2.75, 3.05) is 6.54 Å². The molecule has 0 saturated heterocycles. The van der Waals surface area contributed by atoms with E-state index in [-0.39, 0.29) is 12.3 Å². The predicted octanol–water partition coefficient (Wildman–Crippen LogP) is -0.420. The second-order valence-electron chi connectivity index (χ2n) is 1.78. The fourth-order valence-electron chi connectivity index (χ4n) is 0.415. The van der Waals surface area contributed by atoms with E-state index in [9.17, 15) is 14.4 Å². The van der Waals surface area contributed by atoms with Gasteiger partial charge in [0, 0.05) is 6.42 Å². The summed E-state index contributed by atoms with van der Waals surface area (Å²) in [4.78, 5) is 31.2. The van der Waals surface area contributed by atoms with Crippen molar-refractivity contribution in [3.8, 4) is 0 Å². The molecule has 0 atom stereocenters. The number of hydrogen-bond donors (Lipinski definition) is 0. The van der Waals surface area contributed by atoms with Gasteiger partial charge in [0.15, 0.2) is 5.78 Å². The number of hydrogen-bond acceptors (Lipinski definition) is 3. The molecule has 10 heavy (non-hydrogen) atoms. The standard InChI is InChI=1S/C6H9NO3/c1-2-6(10)3-7(4-8)5-9/h4-5H,2-3H2,1H3. The minimum absolute atomic E-state index is 0.108. The summed E-state index contributed by atoms with van der Waals surface area (Å²) in [7, 11) is 0. The van der Waals surface area contributed by atoms with E-state index in [0.29, 0.717) is 19.2 Å². The molecule has 4 nitrogen and oxygen atoms in total. The largest absolute Gasteiger partial charge is 0.298 e. The second kappa shape index (κ2) is 4.67. The minimum atomic E-state index is -0.126. The van der Waals surface area contributed by atoms with Gasteiger partial charge in [-0.15, -0.1) is 0 Å². The Balaban J connectivity index is 3.73. The summed E-state index contributed by atoms with van der Waals surface area (Å²) in [5.74, 6) is -0.126. The number of rotatable bonds is 5. The first-order chi connectivity index (χ1) is 4.74. The Bertz CT molecular complexity index is 136. The Morgan fingerprint density at radius 1 is 1.40 bits per heavy atom. The zero-order valence-corrected chi connectivity index (χ0v) is 5.74. The molecule has 0 aromatic carbocycles. The topological polar surface area (TPSA) is 54.5 Å². The van der Waals surface area contributed by atoms with Crippen molar-refractivity contribution in [1.29, 1.82) is 0 Å². The lowest BCUT2D eigenvalue weighted by Crippen LogP contribution is -2.26. The van der Waals surface area contributed by atoms with E-state index >= 15 is 0 Å². The third-order valence-electron chi connectivity index (χ3n) is 1.02. The summed E-state index contributed by atoms with van der Waals surface area (Å²) in [5, 5.41) is 0. The highest BCUT2D eigenvalue weighted by Gasteiger charge is 2.03. The van der Waals surface area contributed by atoms with Crippen LogP contribution in [0.4, 0.5) is 0 Å². The summed E-state index contributed by atoms with van der Waals surface area (Å²) in [6.07, 6.45) is 1.01. The highest BCUT2D eigenvalue weighted by atomic mass is 16.2. The number of imide groups is 1. The molecule has 56 valence electrons. The van der Waals surface area contributed by atoms with Crippen molar-refractivity contribution in [3.63, 3.8) is 0 Å². The second-order valence-corrected chi connectivity index (χ2v) is 1.78. The first-order valence-corrected chi connectivity index (χ1v) is 2.92. The molecule has 0 N–H and O–H groups in total. The van der Waals surface area contributed by atoms with Gasteiger partial charge >= 0.3 is 0 Å². The lowest BCUT2D eigenvalue weighted by atomic mass is 10.3. The molecule has 0 spiro atoms. The van der Waals surface area contributed by atoms with E-state index < -0.39 is 0 Å². The zero-order chi connectivity index (χ0) is 7.98. The van der Waals surface area contributed by atoms with Crippen molar-refractivity contribution >= 4 is 18.6 Å². The highest BCUT2D eigenvalue weighted by molar-refractivity contribution is 5.85. The number of amides is 2. The molecule has 0 heterocycles. The SMILES string of the molecule is CCC(=O)CN(C=O)C=O. The Hall–Kier alpha value is -1.19. The molecule has 0 aliphatic heterocycles. The van der Waals surface area contributed by atoms with Gasteiger partial charge in [0.1, 0.15) is 0 Å². The van der Waals surface area contributed by atoms with Crippen molar-refractivity contribution in [2.24, 2.45) is 0 Å². The highest BCUT2D eigenvalue weighted by Crippen LogP contribution is 1.83. The van der Waals surface area contributed by atoms with Gasteiger partial charge in [-0.3, -0.25) is 19.3 Å². The molecule has 0 unspecified atom stereocenters. The quantitative estimate of drug-likeness (QED) is 0.491. The van der Waals surface area contributed by atoms with E-state index in [1.807, 2.05) is 0 Å². The molecular weight excluding hydrogens is 134 g/mol. The molecule has 0 aromatic rings.